The Bertz CT molecular complexity index is 1060. The number of nitrogens with zero attached hydrogens (tertiary/aromatic N) is 2. The number of anilines is 1. The number of hydrogen-bond donors (Lipinski definition) is 1. The van der Waals surface area contributed by atoms with Crippen LogP contribution in [0.25, 0.3) is 0 Å². The summed E-state index contributed by atoms with van der Waals surface area (Å²) in [5, 5.41) is 9.59. The van der Waals surface area contributed by atoms with Crippen LogP contribution in [0.5, 0.6) is 0 Å². The van der Waals surface area contributed by atoms with Crippen molar-refractivity contribution >= 4 is 29.6 Å². The summed E-state index contributed by atoms with van der Waals surface area (Å²) in [5.74, 6) is -2.13. The smallest absolute Gasteiger partial charge is 0.410 e. The summed E-state index contributed by atoms with van der Waals surface area (Å²) < 4.78 is 10.5. The molecule has 0 saturated carbocycles. The highest BCUT2D eigenvalue weighted by Gasteiger charge is 2.40. The van der Waals surface area contributed by atoms with Crippen molar-refractivity contribution in [1.29, 1.82) is 0 Å². The van der Waals surface area contributed by atoms with Gasteiger partial charge in [-0.25, -0.2) is 14.4 Å². The molecular formula is C24H24N2O7. The van der Waals surface area contributed by atoms with Crippen LogP contribution in [0.3, 0.4) is 0 Å². The van der Waals surface area contributed by atoms with Gasteiger partial charge in [0.15, 0.2) is 0 Å². The fraction of sp³-hybridized carbons (Fsp3) is 0.333. The van der Waals surface area contributed by atoms with Crippen LogP contribution in [0.1, 0.15) is 24.0 Å². The molecule has 0 radical (unpaired) electrons. The van der Waals surface area contributed by atoms with Gasteiger partial charge in [-0.2, -0.15) is 0 Å². The number of morpholine rings is 1. The number of carboxylic acids is 1. The Kier molecular flexibility index (Phi) is 6.58. The minimum atomic E-state index is -1.09. The lowest BCUT2D eigenvalue weighted by atomic mass is 10.1. The van der Waals surface area contributed by atoms with E-state index in [1.165, 1.54) is 9.80 Å². The molecule has 2 amide bonds. The molecule has 2 aliphatic rings. The maximum Gasteiger partial charge on any atom is 0.410 e. The molecule has 2 aromatic rings. The zero-order chi connectivity index (χ0) is 23.4. The van der Waals surface area contributed by atoms with Crippen molar-refractivity contribution in [3.05, 3.63) is 65.7 Å². The van der Waals surface area contributed by atoms with Crippen LogP contribution in [0.15, 0.2) is 54.6 Å². The van der Waals surface area contributed by atoms with Gasteiger partial charge in [-0.05, 0) is 23.6 Å². The third-order valence-electron chi connectivity index (χ3n) is 5.83. The number of carbonyl (C=O) groups excluding carboxylic acids is 3. The van der Waals surface area contributed by atoms with Crippen molar-refractivity contribution < 1.29 is 33.8 Å². The van der Waals surface area contributed by atoms with Crippen LogP contribution in [-0.4, -0.2) is 59.2 Å². The van der Waals surface area contributed by atoms with E-state index in [1.807, 2.05) is 30.3 Å². The third kappa shape index (κ3) is 4.82. The predicted octanol–water partition coefficient (Wildman–Crippen LogP) is 2.37. The first-order valence-corrected chi connectivity index (χ1v) is 10.7. The number of fused-ring (bicyclic) bond motifs is 1. The molecule has 4 rings (SSSR count). The lowest BCUT2D eigenvalue weighted by molar-refractivity contribution is -0.156. The Balaban J connectivity index is 1.42. The molecule has 0 unspecified atom stereocenters. The number of benzene rings is 2. The molecule has 33 heavy (non-hydrogen) atoms. The molecule has 9 heteroatoms. The second-order valence-corrected chi connectivity index (χ2v) is 7.91. The van der Waals surface area contributed by atoms with E-state index in [4.69, 9.17) is 9.47 Å². The minimum Gasteiger partial charge on any atom is -0.480 e. The molecule has 1 N–H and O–H groups in total. The van der Waals surface area contributed by atoms with Gasteiger partial charge in [0.2, 0.25) is 5.91 Å². The number of esters is 1. The van der Waals surface area contributed by atoms with Crippen LogP contribution in [0.4, 0.5) is 10.5 Å². The quantitative estimate of drug-likeness (QED) is 0.670. The highest BCUT2D eigenvalue weighted by Crippen LogP contribution is 2.33. The number of para-hydroxylation sites is 1. The lowest BCUT2D eigenvalue weighted by Gasteiger charge is -2.33. The van der Waals surface area contributed by atoms with Crippen molar-refractivity contribution in [2.75, 3.05) is 18.1 Å². The number of cyclic esters (lactones) is 1. The second kappa shape index (κ2) is 9.72. The standard InChI is InChI=1S/C24H24N2O7/c27-21(26-18-9-5-4-8-17(18)14-20(26)22(28)29)11-10-19-23(30)32-13-12-25(19)24(31)33-15-16-6-2-1-3-7-16/h1-9,19-20H,10-15H2,(H,28,29)/t19-,20+/m1/s1. The van der Waals surface area contributed by atoms with Gasteiger partial charge >= 0.3 is 18.0 Å². The summed E-state index contributed by atoms with van der Waals surface area (Å²) >= 11 is 0. The second-order valence-electron chi connectivity index (χ2n) is 7.91. The van der Waals surface area contributed by atoms with Gasteiger partial charge in [0.25, 0.3) is 0 Å². The molecule has 0 aliphatic carbocycles. The Hall–Kier alpha value is -3.88. The van der Waals surface area contributed by atoms with Crippen molar-refractivity contribution in [3.63, 3.8) is 0 Å². The van der Waals surface area contributed by atoms with Crippen molar-refractivity contribution in [3.8, 4) is 0 Å². The topological polar surface area (TPSA) is 113 Å². The SMILES string of the molecule is O=C1OCCN(C(=O)OCc2ccccc2)[C@@H]1CCC(=O)N1c2ccccc2C[C@H]1C(=O)O. The number of carboxylic acid groups (broad SMARTS) is 1. The Labute approximate surface area is 190 Å². The largest absolute Gasteiger partial charge is 0.480 e. The highest BCUT2D eigenvalue weighted by molar-refractivity contribution is 6.02. The number of hydrogen-bond acceptors (Lipinski definition) is 6. The number of rotatable bonds is 6. The zero-order valence-corrected chi connectivity index (χ0v) is 17.9. The van der Waals surface area contributed by atoms with Gasteiger partial charge < -0.3 is 14.6 Å². The first-order valence-electron chi connectivity index (χ1n) is 10.7. The molecule has 2 atom stereocenters. The molecular weight excluding hydrogens is 428 g/mol. The first-order chi connectivity index (χ1) is 16.0. The summed E-state index contributed by atoms with van der Waals surface area (Å²) in [4.78, 5) is 52.4. The highest BCUT2D eigenvalue weighted by atomic mass is 16.6. The van der Waals surface area contributed by atoms with Gasteiger partial charge in [-0.15, -0.1) is 0 Å². The van der Waals surface area contributed by atoms with Crippen molar-refractivity contribution in [2.24, 2.45) is 0 Å². The van der Waals surface area contributed by atoms with Crippen molar-refractivity contribution in [2.45, 2.75) is 38.0 Å². The molecule has 1 fully saturated rings. The summed E-state index contributed by atoms with van der Waals surface area (Å²) in [6, 6.07) is 14.2. The van der Waals surface area contributed by atoms with Gasteiger partial charge in [-0.3, -0.25) is 14.6 Å². The van der Waals surface area contributed by atoms with Crippen LogP contribution in [-0.2, 0) is 36.9 Å². The van der Waals surface area contributed by atoms with Gasteiger partial charge in [0.1, 0.15) is 25.3 Å². The summed E-state index contributed by atoms with van der Waals surface area (Å²) in [6.07, 6.45) is -0.563. The van der Waals surface area contributed by atoms with Crippen LogP contribution in [0.2, 0.25) is 0 Å². The number of amides is 2. The molecule has 2 heterocycles. The molecule has 0 spiro atoms. The Morgan fingerprint density at radius 3 is 2.55 bits per heavy atom. The molecule has 2 aliphatic heterocycles. The molecule has 1 saturated heterocycles. The van der Waals surface area contributed by atoms with E-state index < -0.39 is 36.0 Å². The maximum atomic E-state index is 13.0. The third-order valence-corrected chi connectivity index (χ3v) is 5.83. The predicted molar refractivity (Wildman–Crippen MR) is 116 cm³/mol. The van der Waals surface area contributed by atoms with Gasteiger partial charge in [-0.1, -0.05) is 48.5 Å². The zero-order valence-electron chi connectivity index (χ0n) is 17.9. The molecule has 2 aromatic carbocycles. The molecule has 9 nitrogen and oxygen atoms in total. The van der Waals surface area contributed by atoms with E-state index >= 15 is 0 Å². The van der Waals surface area contributed by atoms with E-state index in [2.05, 4.69) is 0 Å². The fourth-order valence-electron chi connectivity index (χ4n) is 4.19. The minimum absolute atomic E-state index is 0.00308. The number of ether oxygens (including phenoxy) is 2. The normalized spacial score (nSPS) is 19.6. The maximum absolute atomic E-state index is 13.0. The van der Waals surface area contributed by atoms with E-state index in [0.29, 0.717) is 5.69 Å². The monoisotopic (exact) mass is 452 g/mol. The summed E-state index contributed by atoms with van der Waals surface area (Å²) in [6.45, 7) is 0.258. The number of carbonyl (C=O) groups is 4. The molecule has 0 aromatic heterocycles. The van der Waals surface area contributed by atoms with E-state index in [0.717, 1.165) is 11.1 Å². The summed E-state index contributed by atoms with van der Waals surface area (Å²) in [7, 11) is 0. The van der Waals surface area contributed by atoms with Crippen molar-refractivity contribution in [1.82, 2.24) is 4.90 Å². The Morgan fingerprint density at radius 1 is 1.06 bits per heavy atom. The first kappa shape index (κ1) is 22.3. The van der Waals surface area contributed by atoms with Crippen LogP contribution < -0.4 is 4.90 Å². The van der Waals surface area contributed by atoms with E-state index in [1.54, 1.807) is 24.3 Å². The Morgan fingerprint density at radius 2 is 1.79 bits per heavy atom. The van der Waals surface area contributed by atoms with Crippen LogP contribution in [0, 0.1) is 0 Å². The van der Waals surface area contributed by atoms with Crippen LogP contribution >= 0.6 is 0 Å². The van der Waals surface area contributed by atoms with Gasteiger partial charge in [0.05, 0.1) is 6.54 Å². The average Bonchev–Trinajstić information content (AvgIpc) is 3.22. The average molecular weight is 452 g/mol. The van der Waals surface area contributed by atoms with Gasteiger partial charge in [0, 0.05) is 18.5 Å². The lowest BCUT2D eigenvalue weighted by Crippen LogP contribution is -2.52. The fourth-order valence-corrected chi connectivity index (χ4v) is 4.19. The van der Waals surface area contributed by atoms with E-state index in [9.17, 15) is 24.3 Å². The number of aliphatic carboxylic acids is 1. The van der Waals surface area contributed by atoms with E-state index in [-0.39, 0.29) is 39.0 Å². The molecule has 0 bridgehead atoms. The molecule has 172 valence electrons. The summed E-state index contributed by atoms with van der Waals surface area (Å²) in [5.41, 5.74) is 2.14.